The maximum absolute atomic E-state index is 2.41. The maximum Gasteiger partial charge on any atom is 0.0482 e. The number of benzene rings is 2. The zero-order valence-electron chi connectivity index (χ0n) is 10.6. The first-order chi connectivity index (χ1) is 8.88. The Morgan fingerprint density at radius 3 is 2.39 bits per heavy atom. The predicted octanol–water partition coefficient (Wildman–Crippen LogP) is 4.25. The Morgan fingerprint density at radius 2 is 1.61 bits per heavy atom. The van der Waals surface area contributed by atoms with Gasteiger partial charge in [0.05, 0.1) is 0 Å². The number of para-hydroxylation sites is 1. The van der Waals surface area contributed by atoms with Crippen LogP contribution in [-0.2, 0) is 13.0 Å². The summed E-state index contributed by atoms with van der Waals surface area (Å²) in [6.45, 7) is 3.23. The number of fused-ring (bicyclic) bond motifs is 1. The summed E-state index contributed by atoms with van der Waals surface area (Å²) < 4.78 is 2.41. The van der Waals surface area contributed by atoms with Gasteiger partial charge >= 0.3 is 0 Å². The van der Waals surface area contributed by atoms with Gasteiger partial charge in [0.25, 0.3) is 0 Å². The van der Waals surface area contributed by atoms with E-state index in [4.69, 9.17) is 0 Å². The molecule has 18 heavy (non-hydrogen) atoms. The van der Waals surface area contributed by atoms with E-state index >= 15 is 0 Å². The first kappa shape index (κ1) is 11.1. The summed E-state index contributed by atoms with van der Waals surface area (Å²) in [5, 5.41) is 1.34. The van der Waals surface area contributed by atoms with Crippen LogP contribution in [-0.4, -0.2) is 4.57 Å². The Morgan fingerprint density at radius 1 is 0.889 bits per heavy atom. The largest absolute Gasteiger partial charge is 0.345 e. The Balaban J connectivity index is 2.06. The molecule has 1 heteroatoms. The van der Waals surface area contributed by atoms with Crippen molar-refractivity contribution in [1.82, 2.24) is 4.57 Å². The zero-order valence-corrected chi connectivity index (χ0v) is 10.6. The number of hydrogen-bond acceptors (Lipinski definition) is 0. The van der Waals surface area contributed by atoms with Gasteiger partial charge in [-0.15, -0.1) is 0 Å². The van der Waals surface area contributed by atoms with Crippen LogP contribution in [0.25, 0.3) is 10.9 Å². The first-order valence-corrected chi connectivity index (χ1v) is 6.49. The summed E-state index contributed by atoms with van der Waals surface area (Å²) in [5.41, 5.74) is 4.10. The second-order valence-electron chi connectivity index (χ2n) is 4.60. The molecule has 1 aromatic heterocycles. The molecule has 1 nitrogen and oxygen atoms in total. The molecule has 0 aliphatic heterocycles. The highest BCUT2D eigenvalue weighted by Crippen LogP contribution is 2.21. The lowest BCUT2D eigenvalue weighted by Gasteiger charge is -2.07. The zero-order chi connectivity index (χ0) is 12.4. The van der Waals surface area contributed by atoms with Crippen molar-refractivity contribution < 1.29 is 0 Å². The molecule has 2 aromatic carbocycles. The third-order valence-electron chi connectivity index (χ3n) is 3.44. The van der Waals surface area contributed by atoms with Crippen LogP contribution in [0.5, 0.6) is 0 Å². The summed E-state index contributed by atoms with van der Waals surface area (Å²) in [6, 6.07) is 21.6. The van der Waals surface area contributed by atoms with Gasteiger partial charge in [-0.05, 0) is 30.0 Å². The average Bonchev–Trinajstić information content (AvgIpc) is 2.77. The minimum atomic E-state index is 1.00. The van der Waals surface area contributed by atoms with Crippen LogP contribution in [0.1, 0.15) is 18.2 Å². The van der Waals surface area contributed by atoms with Gasteiger partial charge in [0.1, 0.15) is 0 Å². The Labute approximate surface area is 108 Å². The van der Waals surface area contributed by atoms with Gasteiger partial charge in [-0.1, -0.05) is 48.5 Å². The molecule has 0 atom stereocenters. The minimum absolute atomic E-state index is 1.00. The van der Waals surface area contributed by atoms with E-state index in [9.17, 15) is 0 Å². The standard InChI is InChI=1S/C17H17N/c1-2-18-16(12-14-8-4-3-5-9-14)13-15-10-6-7-11-17(15)18/h3-11,13H,2,12H2,1H3. The molecule has 0 saturated carbocycles. The molecule has 0 amide bonds. The van der Waals surface area contributed by atoms with Crippen LogP contribution in [0.4, 0.5) is 0 Å². The Bertz CT molecular complexity index is 650. The molecule has 3 rings (SSSR count). The fourth-order valence-electron chi connectivity index (χ4n) is 2.59. The lowest BCUT2D eigenvalue weighted by molar-refractivity contribution is 0.753. The van der Waals surface area contributed by atoms with Gasteiger partial charge < -0.3 is 4.57 Å². The fraction of sp³-hybridized carbons (Fsp3) is 0.176. The molecule has 0 fully saturated rings. The summed E-state index contributed by atoms with van der Waals surface area (Å²) in [5.74, 6) is 0. The molecule has 0 N–H and O–H groups in total. The Kier molecular flexibility index (Phi) is 2.89. The predicted molar refractivity (Wildman–Crippen MR) is 76.9 cm³/mol. The van der Waals surface area contributed by atoms with Crippen LogP contribution < -0.4 is 0 Å². The van der Waals surface area contributed by atoms with Crippen LogP contribution in [0, 0.1) is 0 Å². The summed E-state index contributed by atoms with van der Waals surface area (Å²) in [7, 11) is 0. The van der Waals surface area contributed by atoms with Gasteiger partial charge in [0.2, 0.25) is 0 Å². The topological polar surface area (TPSA) is 4.93 Å². The monoisotopic (exact) mass is 235 g/mol. The highest BCUT2D eigenvalue weighted by molar-refractivity contribution is 5.81. The van der Waals surface area contributed by atoms with E-state index in [0.29, 0.717) is 0 Å². The molecule has 3 aromatic rings. The van der Waals surface area contributed by atoms with Crippen molar-refractivity contribution in [2.45, 2.75) is 19.9 Å². The van der Waals surface area contributed by atoms with Gasteiger partial charge in [0.15, 0.2) is 0 Å². The van der Waals surface area contributed by atoms with Crippen molar-refractivity contribution in [1.29, 1.82) is 0 Å². The molecule has 0 unspecified atom stereocenters. The molecular formula is C17H17N. The number of nitrogens with zero attached hydrogens (tertiary/aromatic N) is 1. The quantitative estimate of drug-likeness (QED) is 0.639. The number of rotatable bonds is 3. The molecule has 0 bridgehead atoms. The van der Waals surface area contributed by atoms with Gasteiger partial charge in [-0.3, -0.25) is 0 Å². The highest BCUT2D eigenvalue weighted by atomic mass is 15.0. The van der Waals surface area contributed by atoms with Crippen molar-refractivity contribution >= 4 is 10.9 Å². The number of hydrogen-bond donors (Lipinski definition) is 0. The van der Waals surface area contributed by atoms with Crippen molar-refractivity contribution in [2.75, 3.05) is 0 Å². The van der Waals surface area contributed by atoms with E-state index in [1.165, 1.54) is 22.2 Å². The summed E-state index contributed by atoms with van der Waals surface area (Å²) in [4.78, 5) is 0. The molecule has 0 radical (unpaired) electrons. The normalized spacial score (nSPS) is 10.9. The maximum atomic E-state index is 2.41. The average molecular weight is 235 g/mol. The lowest BCUT2D eigenvalue weighted by atomic mass is 10.1. The van der Waals surface area contributed by atoms with E-state index in [2.05, 4.69) is 72.2 Å². The van der Waals surface area contributed by atoms with Crippen LogP contribution in [0.15, 0.2) is 60.7 Å². The fourth-order valence-corrected chi connectivity index (χ4v) is 2.59. The van der Waals surface area contributed by atoms with Crippen LogP contribution >= 0.6 is 0 Å². The molecule has 0 aliphatic carbocycles. The van der Waals surface area contributed by atoms with Crippen molar-refractivity contribution in [3.63, 3.8) is 0 Å². The second kappa shape index (κ2) is 4.69. The molecule has 0 saturated heterocycles. The Hall–Kier alpha value is -2.02. The molecule has 0 aliphatic rings. The van der Waals surface area contributed by atoms with Gasteiger partial charge in [-0.2, -0.15) is 0 Å². The summed E-state index contributed by atoms with van der Waals surface area (Å²) in [6.07, 6.45) is 1.00. The van der Waals surface area contributed by atoms with Gasteiger partial charge in [0, 0.05) is 24.2 Å². The molecule has 0 spiro atoms. The van der Waals surface area contributed by atoms with E-state index in [0.717, 1.165) is 13.0 Å². The van der Waals surface area contributed by atoms with E-state index in [1.54, 1.807) is 0 Å². The highest BCUT2D eigenvalue weighted by Gasteiger charge is 2.07. The van der Waals surface area contributed by atoms with Crippen molar-refractivity contribution in [3.05, 3.63) is 71.9 Å². The second-order valence-corrected chi connectivity index (χ2v) is 4.60. The molecular weight excluding hydrogens is 218 g/mol. The van der Waals surface area contributed by atoms with E-state index < -0.39 is 0 Å². The lowest BCUT2D eigenvalue weighted by Crippen LogP contribution is -2.00. The first-order valence-electron chi connectivity index (χ1n) is 6.49. The van der Waals surface area contributed by atoms with Crippen molar-refractivity contribution in [2.24, 2.45) is 0 Å². The van der Waals surface area contributed by atoms with E-state index in [-0.39, 0.29) is 0 Å². The van der Waals surface area contributed by atoms with Crippen LogP contribution in [0.3, 0.4) is 0 Å². The molecule has 90 valence electrons. The van der Waals surface area contributed by atoms with E-state index in [1.807, 2.05) is 0 Å². The third-order valence-corrected chi connectivity index (χ3v) is 3.44. The SMILES string of the molecule is CCn1c(Cc2ccccc2)cc2ccccc21. The number of aromatic nitrogens is 1. The minimum Gasteiger partial charge on any atom is -0.345 e. The van der Waals surface area contributed by atoms with Crippen molar-refractivity contribution in [3.8, 4) is 0 Å². The number of aryl methyl sites for hydroxylation is 1. The van der Waals surface area contributed by atoms with Gasteiger partial charge in [-0.25, -0.2) is 0 Å². The smallest absolute Gasteiger partial charge is 0.0482 e. The van der Waals surface area contributed by atoms with Crippen LogP contribution in [0.2, 0.25) is 0 Å². The summed E-state index contributed by atoms with van der Waals surface area (Å²) >= 11 is 0. The molecule has 1 heterocycles. The third kappa shape index (κ3) is 1.92.